The van der Waals surface area contributed by atoms with Gasteiger partial charge in [0.15, 0.2) is 0 Å². The summed E-state index contributed by atoms with van der Waals surface area (Å²) in [6.07, 6.45) is 3.77. The predicted molar refractivity (Wildman–Crippen MR) is 72.9 cm³/mol. The minimum Gasteiger partial charge on any atom is -0.444 e. The quantitative estimate of drug-likeness (QED) is 0.784. The first-order valence-electron chi connectivity index (χ1n) is 6.78. The maximum Gasteiger partial charge on any atom is 0.410 e. The number of aromatic nitrogens is 2. The van der Waals surface area contributed by atoms with Crippen molar-refractivity contribution in [2.24, 2.45) is 7.05 Å². The van der Waals surface area contributed by atoms with Gasteiger partial charge in [0.05, 0.1) is 11.7 Å². The third kappa shape index (κ3) is 3.08. The third-order valence-corrected chi connectivity index (χ3v) is 3.29. The SMILES string of the molecule is Cc1nn(C)cc1[C@@H]1CCCN1C(=O)OC(C)(C)C. The van der Waals surface area contributed by atoms with Gasteiger partial charge in [-0.3, -0.25) is 4.68 Å². The fourth-order valence-corrected chi connectivity index (χ4v) is 2.57. The van der Waals surface area contributed by atoms with Gasteiger partial charge in [-0.1, -0.05) is 0 Å². The Morgan fingerprint density at radius 1 is 1.47 bits per heavy atom. The third-order valence-electron chi connectivity index (χ3n) is 3.29. The molecule has 1 fully saturated rings. The van der Waals surface area contributed by atoms with Gasteiger partial charge in [-0.25, -0.2) is 4.79 Å². The van der Waals surface area contributed by atoms with Crippen molar-refractivity contribution in [2.75, 3.05) is 6.54 Å². The lowest BCUT2D eigenvalue weighted by atomic mass is 10.1. The minimum atomic E-state index is -0.450. The van der Waals surface area contributed by atoms with Crippen molar-refractivity contribution in [1.29, 1.82) is 0 Å². The Bertz CT molecular complexity index is 474. The molecule has 5 heteroatoms. The molecule has 0 radical (unpaired) electrons. The molecule has 0 spiro atoms. The molecule has 0 bridgehead atoms. The molecule has 19 heavy (non-hydrogen) atoms. The van der Waals surface area contributed by atoms with Gasteiger partial charge in [-0.05, 0) is 40.5 Å². The van der Waals surface area contributed by atoms with Gasteiger partial charge in [0.2, 0.25) is 0 Å². The topological polar surface area (TPSA) is 47.4 Å². The lowest BCUT2D eigenvalue weighted by Crippen LogP contribution is -2.36. The second-order valence-electron chi connectivity index (χ2n) is 6.18. The highest BCUT2D eigenvalue weighted by Gasteiger charge is 2.34. The lowest BCUT2D eigenvalue weighted by molar-refractivity contribution is 0.0224. The standard InChI is InChI=1S/C14H23N3O2/c1-10-11(9-16(5)15-10)12-7-6-8-17(12)13(18)19-14(2,3)4/h9,12H,6-8H2,1-5H3/t12-/m0/s1. The summed E-state index contributed by atoms with van der Waals surface area (Å²) in [6.45, 7) is 8.43. The van der Waals surface area contributed by atoms with Crippen LogP contribution in [0.5, 0.6) is 0 Å². The molecule has 0 aliphatic carbocycles. The Morgan fingerprint density at radius 3 is 2.68 bits per heavy atom. The summed E-state index contributed by atoms with van der Waals surface area (Å²) in [4.78, 5) is 14.1. The molecule has 1 aromatic heterocycles. The number of aryl methyl sites for hydroxylation is 2. The van der Waals surface area contributed by atoms with E-state index in [4.69, 9.17) is 4.74 Å². The summed E-state index contributed by atoms with van der Waals surface area (Å²) in [5.74, 6) is 0. The first-order valence-corrected chi connectivity index (χ1v) is 6.78. The Morgan fingerprint density at radius 2 is 2.16 bits per heavy atom. The van der Waals surface area contributed by atoms with E-state index in [0.29, 0.717) is 0 Å². The molecular formula is C14H23N3O2. The Labute approximate surface area is 114 Å². The minimum absolute atomic E-state index is 0.101. The molecule has 106 valence electrons. The highest BCUT2D eigenvalue weighted by Crippen LogP contribution is 2.34. The van der Waals surface area contributed by atoms with Crippen molar-refractivity contribution in [3.63, 3.8) is 0 Å². The van der Waals surface area contributed by atoms with Gasteiger partial charge < -0.3 is 9.64 Å². The molecule has 1 aliphatic rings. The summed E-state index contributed by atoms with van der Waals surface area (Å²) in [7, 11) is 1.91. The van der Waals surface area contributed by atoms with Crippen molar-refractivity contribution in [2.45, 2.75) is 52.2 Å². The zero-order valence-electron chi connectivity index (χ0n) is 12.4. The van der Waals surface area contributed by atoms with E-state index in [1.54, 1.807) is 4.68 Å². The molecule has 1 amide bonds. The molecule has 2 rings (SSSR count). The highest BCUT2D eigenvalue weighted by atomic mass is 16.6. The molecule has 0 unspecified atom stereocenters. The van der Waals surface area contributed by atoms with Gasteiger partial charge in [-0.2, -0.15) is 5.10 Å². The monoisotopic (exact) mass is 265 g/mol. The summed E-state index contributed by atoms with van der Waals surface area (Å²) >= 11 is 0. The second-order valence-corrected chi connectivity index (χ2v) is 6.18. The maximum atomic E-state index is 12.2. The maximum absolute atomic E-state index is 12.2. The Balaban J connectivity index is 2.17. The molecule has 2 heterocycles. The van der Waals surface area contributed by atoms with Crippen molar-refractivity contribution in [3.05, 3.63) is 17.5 Å². The first-order chi connectivity index (χ1) is 8.78. The van der Waals surface area contributed by atoms with E-state index in [1.807, 2.05) is 45.8 Å². The normalized spacial score (nSPS) is 19.8. The summed E-state index contributed by atoms with van der Waals surface area (Å²) in [6, 6.07) is 0.101. The van der Waals surface area contributed by atoms with Gasteiger partial charge in [-0.15, -0.1) is 0 Å². The molecule has 0 N–H and O–H groups in total. The fourth-order valence-electron chi connectivity index (χ4n) is 2.57. The van der Waals surface area contributed by atoms with E-state index in [0.717, 1.165) is 30.6 Å². The van der Waals surface area contributed by atoms with Crippen LogP contribution in [0.2, 0.25) is 0 Å². The van der Waals surface area contributed by atoms with Crippen molar-refractivity contribution < 1.29 is 9.53 Å². The first kappa shape index (κ1) is 13.9. The number of rotatable bonds is 1. The number of hydrogen-bond donors (Lipinski definition) is 0. The van der Waals surface area contributed by atoms with Crippen LogP contribution in [-0.2, 0) is 11.8 Å². The molecule has 1 atom stereocenters. The van der Waals surface area contributed by atoms with Crippen LogP contribution in [0.25, 0.3) is 0 Å². The Hall–Kier alpha value is -1.52. The number of carbonyl (C=O) groups is 1. The van der Waals surface area contributed by atoms with Gasteiger partial charge in [0.25, 0.3) is 0 Å². The van der Waals surface area contributed by atoms with Gasteiger partial charge >= 0.3 is 6.09 Å². The summed E-state index contributed by atoms with van der Waals surface area (Å²) in [5, 5.41) is 4.36. The number of ether oxygens (including phenoxy) is 1. The average Bonchev–Trinajstić information content (AvgIpc) is 2.81. The van der Waals surface area contributed by atoms with E-state index >= 15 is 0 Å². The molecule has 1 saturated heterocycles. The smallest absolute Gasteiger partial charge is 0.410 e. The fraction of sp³-hybridized carbons (Fsp3) is 0.714. The van der Waals surface area contributed by atoms with E-state index in [-0.39, 0.29) is 12.1 Å². The second kappa shape index (κ2) is 4.87. The van der Waals surface area contributed by atoms with E-state index in [2.05, 4.69) is 5.10 Å². The molecule has 1 aromatic rings. The summed E-state index contributed by atoms with van der Waals surface area (Å²) in [5.41, 5.74) is 1.67. The van der Waals surface area contributed by atoms with Crippen LogP contribution in [0.15, 0.2) is 6.20 Å². The van der Waals surface area contributed by atoms with E-state index in [1.165, 1.54) is 0 Å². The van der Waals surface area contributed by atoms with Crippen molar-refractivity contribution in [3.8, 4) is 0 Å². The molecule has 5 nitrogen and oxygen atoms in total. The average molecular weight is 265 g/mol. The number of hydrogen-bond acceptors (Lipinski definition) is 3. The van der Waals surface area contributed by atoms with Crippen molar-refractivity contribution in [1.82, 2.24) is 14.7 Å². The zero-order valence-corrected chi connectivity index (χ0v) is 12.4. The van der Waals surface area contributed by atoms with Crippen LogP contribution >= 0.6 is 0 Å². The lowest BCUT2D eigenvalue weighted by Gasteiger charge is -2.28. The van der Waals surface area contributed by atoms with Crippen LogP contribution in [0, 0.1) is 6.92 Å². The van der Waals surface area contributed by atoms with Gasteiger partial charge in [0, 0.05) is 25.4 Å². The molecular weight excluding hydrogens is 242 g/mol. The largest absolute Gasteiger partial charge is 0.444 e. The highest BCUT2D eigenvalue weighted by molar-refractivity contribution is 5.69. The van der Waals surface area contributed by atoms with E-state index < -0.39 is 5.60 Å². The van der Waals surface area contributed by atoms with Crippen LogP contribution in [0.4, 0.5) is 4.79 Å². The van der Waals surface area contributed by atoms with E-state index in [9.17, 15) is 4.79 Å². The molecule has 0 aromatic carbocycles. The predicted octanol–water partition coefficient (Wildman–Crippen LogP) is 2.80. The van der Waals surface area contributed by atoms with Crippen molar-refractivity contribution >= 4 is 6.09 Å². The number of likely N-dealkylation sites (tertiary alicyclic amines) is 1. The van der Waals surface area contributed by atoms with Crippen LogP contribution in [-0.4, -0.2) is 32.9 Å². The number of nitrogens with zero attached hydrogens (tertiary/aromatic N) is 3. The summed E-state index contributed by atoms with van der Waals surface area (Å²) < 4.78 is 7.28. The Kier molecular flexibility index (Phi) is 3.56. The molecule has 0 saturated carbocycles. The van der Waals surface area contributed by atoms with Crippen LogP contribution in [0.1, 0.15) is 50.9 Å². The van der Waals surface area contributed by atoms with Crippen LogP contribution < -0.4 is 0 Å². The zero-order chi connectivity index (χ0) is 14.2. The molecule has 1 aliphatic heterocycles. The van der Waals surface area contributed by atoms with Gasteiger partial charge in [0.1, 0.15) is 5.60 Å². The number of amides is 1. The van der Waals surface area contributed by atoms with Crippen LogP contribution in [0.3, 0.4) is 0 Å². The number of carbonyl (C=O) groups excluding carboxylic acids is 1.